The Bertz CT molecular complexity index is 503. The number of likely N-dealkylation sites (N-methyl/N-ethyl adjacent to an activating group) is 1. The molecule has 110 valence electrons. The van der Waals surface area contributed by atoms with Gasteiger partial charge in [-0.2, -0.15) is 0 Å². The average molecular weight is 299 g/mol. The van der Waals surface area contributed by atoms with Crippen LogP contribution >= 0.6 is 11.6 Å². The van der Waals surface area contributed by atoms with Crippen LogP contribution in [0.15, 0.2) is 18.2 Å². The Kier molecular flexibility index (Phi) is 5.98. The van der Waals surface area contributed by atoms with Crippen molar-refractivity contribution >= 4 is 23.5 Å². The zero-order chi connectivity index (χ0) is 15.3. The van der Waals surface area contributed by atoms with Crippen LogP contribution in [0.1, 0.15) is 15.9 Å². The summed E-state index contributed by atoms with van der Waals surface area (Å²) in [6.45, 7) is 2.46. The van der Waals surface area contributed by atoms with E-state index in [1.165, 1.54) is 4.90 Å². The van der Waals surface area contributed by atoms with Crippen LogP contribution in [0.5, 0.6) is 0 Å². The van der Waals surface area contributed by atoms with Crippen molar-refractivity contribution < 1.29 is 14.7 Å². The van der Waals surface area contributed by atoms with E-state index in [2.05, 4.69) is 0 Å². The Hall–Kier alpha value is -1.59. The van der Waals surface area contributed by atoms with Crippen molar-refractivity contribution in [3.63, 3.8) is 0 Å². The monoisotopic (exact) mass is 298 g/mol. The molecule has 0 heterocycles. The van der Waals surface area contributed by atoms with E-state index in [1.54, 1.807) is 25.1 Å². The van der Waals surface area contributed by atoms with Gasteiger partial charge in [0.25, 0.3) is 5.91 Å². The first-order valence-electron chi connectivity index (χ1n) is 6.23. The van der Waals surface area contributed by atoms with Gasteiger partial charge in [0.15, 0.2) is 0 Å². The standard InChI is InChI=1S/C14H19ClN2O3/c1-10-8-11(4-5-12(10)15)14(20)17(9-13(18)19)7-6-16(2)3/h4-5,8H,6-7,9H2,1-3H3,(H,18,19). The van der Waals surface area contributed by atoms with Crippen LogP contribution in [0.25, 0.3) is 0 Å². The van der Waals surface area contributed by atoms with E-state index in [4.69, 9.17) is 16.7 Å². The summed E-state index contributed by atoms with van der Waals surface area (Å²) in [5, 5.41) is 9.50. The minimum absolute atomic E-state index is 0.297. The van der Waals surface area contributed by atoms with Crippen molar-refractivity contribution in [2.45, 2.75) is 6.92 Å². The first-order chi connectivity index (χ1) is 9.31. The van der Waals surface area contributed by atoms with Gasteiger partial charge in [0, 0.05) is 23.7 Å². The quantitative estimate of drug-likeness (QED) is 0.869. The predicted octanol–water partition coefficient (Wildman–Crippen LogP) is 1.74. The molecule has 0 atom stereocenters. The number of carboxylic acids is 1. The number of amides is 1. The molecule has 6 heteroatoms. The van der Waals surface area contributed by atoms with Crippen LogP contribution in [0, 0.1) is 6.92 Å². The van der Waals surface area contributed by atoms with Gasteiger partial charge in [-0.15, -0.1) is 0 Å². The lowest BCUT2D eigenvalue weighted by Gasteiger charge is -2.23. The molecular formula is C14H19ClN2O3. The highest BCUT2D eigenvalue weighted by Gasteiger charge is 2.19. The van der Waals surface area contributed by atoms with Gasteiger partial charge in [0.2, 0.25) is 0 Å². The molecule has 1 aromatic carbocycles. The summed E-state index contributed by atoms with van der Waals surface area (Å²) in [6, 6.07) is 4.94. The molecule has 0 bridgehead atoms. The fourth-order valence-corrected chi connectivity index (χ4v) is 1.81. The van der Waals surface area contributed by atoms with Crippen molar-refractivity contribution in [3.05, 3.63) is 34.3 Å². The van der Waals surface area contributed by atoms with Crippen LogP contribution < -0.4 is 0 Å². The summed E-state index contributed by atoms with van der Waals surface area (Å²) in [7, 11) is 3.74. The Balaban J connectivity index is 2.90. The second-order valence-electron chi connectivity index (χ2n) is 4.89. The molecule has 0 saturated heterocycles. The Morgan fingerprint density at radius 2 is 1.90 bits per heavy atom. The van der Waals surface area contributed by atoms with E-state index < -0.39 is 5.97 Å². The summed E-state index contributed by atoms with van der Waals surface area (Å²) < 4.78 is 0. The van der Waals surface area contributed by atoms with Gasteiger partial charge in [-0.25, -0.2) is 0 Å². The molecule has 0 unspecified atom stereocenters. The third-order valence-electron chi connectivity index (χ3n) is 2.84. The van der Waals surface area contributed by atoms with Crippen molar-refractivity contribution in [2.24, 2.45) is 0 Å². The van der Waals surface area contributed by atoms with Gasteiger partial charge < -0.3 is 14.9 Å². The van der Waals surface area contributed by atoms with Crippen LogP contribution in [0.4, 0.5) is 0 Å². The lowest BCUT2D eigenvalue weighted by molar-refractivity contribution is -0.137. The lowest BCUT2D eigenvalue weighted by Crippen LogP contribution is -2.40. The minimum Gasteiger partial charge on any atom is -0.480 e. The smallest absolute Gasteiger partial charge is 0.323 e. The molecule has 0 aromatic heterocycles. The van der Waals surface area contributed by atoms with E-state index in [-0.39, 0.29) is 12.5 Å². The number of aryl methyl sites for hydroxylation is 1. The molecule has 1 aromatic rings. The van der Waals surface area contributed by atoms with Gasteiger partial charge >= 0.3 is 5.97 Å². The third-order valence-corrected chi connectivity index (χ3v) is 3.26. The first-order valence-corrected chi connectivity index (χ1v) is 6.61. The third kappa shape index (κ3) is 4.83. The summed E-state index contributed by atoms with van der Waals surface area (Å²) in [6.07, 6.45) is 0. The molecule has 0 aliphatic rings. The molecule has 0 spiro atoms. The van der Waals surface area contributed by atoms with Crippen molar-refractivity contribution in [2.75, 3.05) is 33.7 Å². The molecule has 1 N–H and O–H groups in total. The first kappa shape index (κ1) is 16.5. The van der Waals surface area contributed by atoms with Crippen LogP contribution in [0.3, 0.4) is 0 Å². The number of hydrogen-bond acceptors (Lipinski definition) is 3. The zero-order valence-corrected chi connectivity index (χ0v) is 12.6. The van der Waals surface area contributed by atoms with Crippen molar-refractivity contribution in [3.8, 4) is 0 Å². The normalized spacial score (nSPS) is 10.7. The number of carbonyl (C=O) groups excluding carboxylic acids is 1. The molecule has 0 radical (unpaired) electrons. The van der Waals surface area contributed by atoms with E-state index in [0.29, 0.717) is 23.7 Å². The SMILES string of the molecule is Cc1cc(C(=O)N(CCN(C)C)CC(=O)O)ccc1Cl. The highest BCUT2D eigenvalue weighted by molar-refractivity contribution is 6.31. The highest BCUT2D eigenvalue weighted by atomic mass is 35.5. The predicted molar refractivity (Wildman–Crippen MR) is 78.3 cm³/mol. The van der Waals surface area contributed by atoms with Gasteiger partial charge in [0.05, 0.1) is 0 Å². The molecule has 0 fully saturated rings. The van der Waals surface area contributed by atoms with Crippen molar-refractivity contribution in [1.82, 2.24) is 9.80 Å². The second kappa shape index (κ2) is 7.26. The average Bonchev–Trinajstić information content (AvgIpc) is 2.36. The molecule has 0 aliphatic heterocycles. The Labute approximate surface area is 123 Å². The van der Waals surface area contributed by atoms with E-state index in [9.17, 15) is 9.59 Å². The largest absolute Gasteiger partial charge is 0.480 e. The molecule has 5 nitrogen and oxygen atoms in total. The summed E-state index contributed by atoms with van der Waals surface area (Å²) in [5.74, 6) is -1.32. The van der Waals surface area contributed by atoms with Gasteiger partial charge in [0.1, 0.15) is 6.54 Å². The van der Waals surface area contributed by atoms with Gasteiger partial charge in [-0.1, -0.05) is 11.6 Å². The number of aliphatic carboxylic acids is 1. The minimum atomic E-state index is -1.03. The highest BCUT2D eigenvalue weighted by Crippen LogP contribution is 2.17. The number of carbonyl (C=O) groups is 2. The number of rotatable bonds is 6. The Morgan fingerprint density at radius 1 is 1.25 bits per heavy atom. The molecule has 0 saturated carbocycles. The molecule has 0 aliphatic carbocycles. The molecule has 20 heavy (non-hydrogen) atoms. The van der Waals surface area contributed by atoms with Crippen LogP contribution in [-0.4, -0.2) is 60.5 Å². The summed E-state index contributed by atoms with van der Waals surface area (Å²) in [4.78, 5) is 26.5. The second-order valence-corrected chi connectivity index (χ2v) is 5.29. The fourth-order valence-electron chi connectivity index (χ4n) is 1.70. The van der Waals surface area contributed by atoms with Gasteiger partial charge in [-0.3, -0.25) is 9.59 Å². The zero-order valence-electron chi connectivity index (χ0n) is 11.9. The summed E-state index contributed by atoms with van der Waals surface area (Å²) >= 11 is 5.93. The molecule has 1 amide bonds. The number of nitrogens with zero attached hydrogens (tertiary/aromatic N) is 2. The fraction of sp³-hybridized carbons (Fsp3) is 0.429. The van der Waals surface area contributed by atoms with Crippen LogP contribution in [-0.2, 0) is 4.79 Å². The number of halogens is 1. The number of benzene rings is 1. The lowest BCUT2D eigenvalue weighted by atomic mass is 10.1. The Morgan fingerprint density at radius 3 is 2.40 bits per heavy atom. The topological polar surface area (TPSA) is 60.9 Å². The maximum atomic E-state index is 12.4. The number of hydrogen-bond donors (Lipinski definition) is 1. The maximum Gasteiger partial charge on any atom is 0.323 e. The van der Waals surface area contributed by atoms with Crippen molar-refractivity contribution in [1.29, 1.82) is 0 Å². The van der Waals surface area contributed by atoms with Crippen LogP contribution in [0.2, 0.25) is 5.02 Å². The van der Waals surface area contributed by atoms with E-state index >= 15 is 0 Å². The molecule has 1 rings (SSSR count). The van der Waals surface area contributed by atoms with Gasteiger partial charge in [-0.05, 0) is 44.8 Å². The number of carboxylic acid groups (broad SMARTS) is 1. The van der Waals surface area contributed by atoms with E-state index in [0.717, 1.165) is 5.56 Å². The van der Waals surface area contributed by atoms with E-state index in [1.807, 2.05) is 19.0 Å². The summed E-state index contributed by atoms with van der Waals surface area (Å²) in [5.41, 5.74) is 1.24. The maximum absolute atomic E-state index is 12.4. The molecular weight excluding hydrogens is 280 g/mol.